The van der Waals surface area contributed by atoms with Gasteiger partial charge in [0, 0.05) is 0 Å². The van der Waals surface area contributed by atoms with Gasteiger partial charge < -0.3 is 14.8 Å². The molecule has 2 atom stereocenters. The second-order valence-electron chi connectivity index (χ2n) is 5.56. The minimum Gasteiger partial charge on any atom is -0.468 e. The van der Waals surface area contributed by atoms with Gasteiger partial charge in [-0.2, -0.15) is 13.2 Å². The number of nitrogens with one attached hydrogen (secondary N) is 1. The first-order chi connectivity index (χ1) is 10.3. The highest BCUT2D eigenvalue weighted by atomic mass is 19.4. The van der Waals surface area contributed by atoms with Crippen LogP contribution in [0.25, 0.3) is 0 Å². The Morgan fingerprint density at radius 3 is 1.96 bits per heavy atom. The van der Waals surface area contributed by atoms with Gasteiger partial charge in [0.1, 0.15) is 17.6 Å². The van der Waals surface area contributed by atoms with Crippen molar-refractivity contribution in [2.24, 2.45) is 5.92 Å². The van der Waals surface area contributed by atoms with Crippen molar-refractivity contribution in [3.63, 3.8) is 0 Å². The SMILES string of the molecule is C/C=C/C(C(=O)OC)C(NC(=O)C(F)(F)F)C(=O)OC(C)(C)C. The van der Waals surface area contributed by atoms with Crippen LogP contribution < -0.4 is 5.32 Å². The Bertz CT molecular complexity index is 480. The number of hydrogen-bond acceptors (Lipinski definition) is 5. The van der Waals surface area contributed by atoms with Crippen LogP contribution in [0.3, 0.4) is 0 Å². The zero-order valence-electron chi connectivity index (χ0n) is 13.5. The fourth-order valence-corrected chi connectivity index (χ4v) is 1.55. The summed E-state index contributed by atoms with van der Waals surface area (Å²) in [6.07, 6.45) is -2.72. The number of carbonyl (C=O) groups is 3. The zero-order valence-corrected chi connectivity index (χ0v) is 13.5. The first-order valence-corrected chi connectivity index (χ1v) is 6.64. The predicted octanol–water partition coefficient (Wildman–Crippen LogP) is 1.74. The standard InChI is InChI=1S/C14H20F3NO5/c1-6-7-8(10(19)22-5)9(11(20)23-13(2,3)4)18-12(21)14(15,16)17/h6-9H,1-5H3,(H,18,21)/b7-6+. The molecule has 0 saturated heterocycles. The van der Waals surface area contributed by atoms with E-state index in [0.717, 1.165) is 13.2 Å². The van der Waals surface area contributed by atoms with E-state index in [4.69, 9.17) is 4.74 Å². The normalized spacial score (nSPS) is 15.0. The Balaban J connectivity index is 5.63. The van der Waals surface area contributed by atoms with Gasteiger partial charge >= 0.3 is 24.0 Å². The summed E-state index contributed by atoms with van der Waals surface area (Å²) >= 11 is 0. The van der Waals surface area contributed by atoms with Crippen molar-refractivity contribution in [2.45, 2.75) is 45.5 Å². The van der Waals surface area contributed by atoms with E-state index in [1.54, 1.807) is 0 Å². The molecule has 0 heterocycles. The molecule has 0 aromatic heterocycles. The van der Waals surface area contributed by atoms with E-state index < -0.39 is 41.6 Å². The highest BCUT2D eigenvalue weighted by molar-refractivity contribution is 5.92. The molecule has 9 heteroatoms. The van der Waals surface area contributed by atoms with Gasteiger partial charge in [0.15, 0.2) is 0 Å². The van der Waals surface area contributed by atoms with Crippen LogP contribution in [0.15, 0.2) is 12.2 Å². The lowest BCUT2D eigenvalue weighted by atomic mass is 9.98. The first kappa shape index (κ1) is 20.9. The fourth-order valence-electron chi connectivity index (χ4n) is 1.55. The lowest BCUT2D eigenvalue weighted by molar-refractivity contribution is -0.178. The van der Waals surface area contributed by atoms with Crippen LogP contribution in [-0.2, 0) is 23.9 Å². The molecule has 0 aliphatic carbocycles. The largest absolute Gasteiger partial charge is 0.471 e. The third-order valence-electron chi connectivity index (χ3n) is 2.44. The number of amides is 1. The molecule has 1 N–H and O–H groups in total. The third-order valence-corrected chi connectivity index (χ3v) is 2.44. The van der Waals surface area contributed by atoms with Gasteiger partial charge in [-0.15, -0.1) is 0 Å². The van der Waals surface area contributed by atoms with Crippen molar-refractivity contribution < 1.29 is 37.0 Å². The minimum atomic E-state index is -5.21. The van der Waals surface area contributed by atoms with Gasteiger partial charge in [0.25, 0.3) is 0 Å². The Labute approximate surface area is 132 Å². The number of allylic oxidation sites excluding steroid dienone is 1. The lowest BCUT2D eigenvalue weighted by Gasteiger charge is -2.27. The van der Waals surface area contributed by atoms with E-state index in [9.17, 15) is 27.6 Å². The molecule has 0 spiro atoms. The number of alkyl halides is 3. The van der Waals surface area contributed by atoms with Crippen LogP contribution in [0.5, 0.6) is 0 Å². The maximum Gasteiger partial charge on any atom is 0.471 e. The van der Waals surface area contributed by atoms with Crippen molar-refractivity contribution >= 4 is 17.8 Å². The molecule has 0 fully saturated rings. The van der Waals surface area contributed by atoms with Crippen molar-refractivity contribution in [1.82, 2.24) is 5.32 Å². The van der Waals surface area contributed by atoms with E-state index in [0.29, 0.717) is 0 Å². The van der Waals surface area contributed by atoms with Gasteiger partial charge in [-0.1, -0.05) is 12.2 Å². The van der Waals surface area contributed by atoms with E-state index in [1.807, 2.05) is 0 Å². The molecular formula is C14H20F3NO5. The third kappa shape index (κ3) is 7.16. The number of methoxy groups -OCH3 is 1. The summed E-state index contributed by atoms with van der Waals surface area (Å²) in [4.78, 5) is 35.0. The van der Waals surface area contributed by atoms with Crippen LogP contribution >= 0.6 is 0 Å². The average molecular weight is 339 g/mol. The molecule has 0 aromatic rings. The Morgan fingerprint density at radius 1 is 1.09 bits per heavy atom. The second-order valence-corrected chi connectivity index (χ2v) is 5.56. The predicted molar refractivity (Wildman–Crippen MR) is 74.2 cm³/mol. The van der Waals surface area contributed by atoms with Gasteiger partial charge in [0.05, 0.1) is 7.11 Å². The summed E-state index contributed by atoms with van der Waals surface area (Å²) in [7, 11) is 1.01. The van der Waals surface area contributed by atoms with Crippen molar-refractivity contribution in [2.75, 3.05) is 7.11 Å². The summed E-state index contributed by atoms with van der Waals surface area (Å²) in [6, 6.07) is -1.87. The molecule has 6 nitrogen and oxygen atoms in total. The number of hydrogen-bond donors (Lipinski definition) is 1. The van der Waals surface area contributed by atoms with Crippen LogP contribution in [0.4, 0.5) is 13.2 Å². The maximum atomic E-state index is 12.4. The molecule has 132 valence electrons. The topological polar surface area (TPSA) is 81.7 Å². The highest BCUT2D eigenvalue weighted by Gasteiger charge is 2.44. The van der Waals surface area contributed by atoms with E-state index >= 15 is 0 Å². The molecule has 2 unspecified atom stereocenters. The van der Waals surface area contributed by atoms with Gasteiger partial charge in [-0.05, 0) is 27.7 Å². The summed E-state index contributed by atoms with van der Waals surface area (Å²) < 4.78 is 46.8. The lowest BCUT2D eigenvalue weighted by Crippen LogP contribution is -2.53. The monoisotopic (exact) mass is 339 g/mol. The quantitative estimate of drug-likeness (QED) is 0.609. The minimum absolute atomic E-state index is 0.985. The average Bonchev–Trinajstić information content (AvgIpc) is 2.38. The van der Waals surface area contributed by atoms with Crippen molar-refractivity contribution in [3.8, 4) is 0 Å². The first-order valence-electron chi connectivity index (χ1n) is 6.64. The summed E-state index contributed by atoms with van der Waals surface area (Å²) in [5.41, 5.74) is -1.02. The summed E-state index contributed by atoms with van der Waals surface area (Å²) in [5, 5.41) is 1.49. The van der Waals surface area contributed by atoms with Crippen LogP contribution in [-0.4, -0.2) is 42.8 Å². The number of rotatable bonds is 5. The Kier molecular flexibility index (Phi) is 7.26. The summed E-state index contributed by atoms with van der Waals surface area (Å²) in [5.74, 6) is -5.97. The highest BCUT2D eigenvalue weighted by Crippen LogP contribution is 2.19. The van der Waals surface area contributed by atoms with E-state index in [1.165, 1.54) is 39.1 Å². The van der Waals surface area contributed by atoms with Gasteiger partial charge in [-0.25, -0.2) is 4.79 Å². The second kappa shape index (κ2) is 7.98. The molecular weight excluding hydrogens is 319 g/mol. The Morgan fingerprint density at radius 2 is 1.61 bits per heavy atom. The van der Waals surface area contributed by atoms with Crippen LogP contribution in [0, 0.1) is 5.92 Å². The maximum absolute atomic E-state index is 12.4. The summed E-state index contributed by atoms with van der Waals surface area (Å²) in [6.45, 7) is 5.98. The number of ether oxygens (including phenoxy) is 2. The number of carbonyl (C=O) groups excluding carboxylic acids is 3. The fraction of sp³-hybridized carbons (Fsp3) is 0.643. The molecule has 0 saturated carbocycles. The van der Waals surface area contributed by atoms with Crippen molar-refractivity contribution in [3.05, 3.63) is 12.2 Å². The molecule has 0 radical (unpaired) electrons. The number of esters is 2. The van der Waals surface area contributed by atoms with E-state index in [2.05, 4.69) is 4.74 Å². The van der Waals surface area contributed by atoms with Gasteiger partial charge in [0.2, 0.25) is 0 Å². The molecule has 23 heavy (non-hydrogen) atoms. The van der Waals surface area contributed by atoms with Gasteiger partial charge in [-0.3, -0.25) is 9.59 Å². The molecule has 0 rings (SSSR count). The molecule has 0 bridgehead atoms. The smallest absolute Gasteiger partial charge is 0.468 e. The Hall–Kier alpha value is -2.06. The molecule has 0 aliphatic heterocycles. The van der Waals surface area contributed by atoms with E-state index in [-0.39, 0.29) is 0 Å². The van der Waals surface area contributed by atoms with Crippen molar-refractivity contribution in [1.29, 1.82) is 0 Å². The molecule has 0 aliphatic rings. The zero-order chi connectivity index (χ0) is 18.4. The van der Waals surface area contributed by atoms with Crippen LogP contribution in [0.1, 0.15) is 27.7 Å². The molecule has 0 aromatic carbocycles. The van der Waals surface area contributed by atoms with Crippen LogP contribution in [0.2, 0.25) is 0 Å². The molecule has 1 amide bonds. The number of halogens is 3.